The van der Waals surface area contributed by atoms with Gasteiger partial charge in [-0.15, -0.1) is 0 Å². The highest BCUT2D eigenvalue weighted by Gasteiger charge is 2.22. The molecule has 1 aromatic carbocycles. The van der Waals surface area contributed by atoms with Crippen molar-refractivity contribution in [3.05, 3.63) is 29.8 Å². The number of nitrogens with zero attached hydrogens (tertiary/aromatic N) is 2. The maximum atomic E-state index is 12.8. The Bertz CT molecular complexity index is 613. The lowest BCUT2D eigenvalue weighted by atomic mass is 10.2. The molecule has 6 nitrogen and oxygen atoms in total. The van der Waals surface area contributed by atoms with Gasteiger partial charge in [0.1, 0.15) is 12.4 Å². The molecule has 136 valence electrons. The second-order valence-corrected chi connectivity index (χ2v) is 6.63. The molecule has 6 heteroatoms. The molecule has 25 heavy (non-hydrogen) atoms. The van der Waals surface area contributed by atoms with E-state index in [0.717, 1.165) is 25.9 Å². The first-order chi connectivity index (χ1) is 12.1. The zero-order chi connectivity index (χ0) is 17.6. The number of hydrogen-bond acceptors (Lipinski definition) is 4. The van der Waals surface area contributed by atoms with Crippen molar-refractivity contribution in [1.82, 2.24) is 9.80 Å². The van der Waals surface area contributed by atoms with Gasteiger partial charge < -0.3 is 19.3 Å². The molecule has 0 aliphatic carbocycles. The minimum absolute atomic E-state index is 0.00651. The smallest absolute Gasteiger partial charge is 0.254 e. The fraction of sp³-hybridized carbons (Fsp3) is 0.579. The highest BCUT2D eigenvalue weighted by molar-refractivity contribution is 5.94. The molecular formula is C19H26N2O4. The molecule has 2 heterocycles. The molecule has 1 aromatic rings. The quantitative estimate of drug-likeness (QED) is 0.836. The highest BCUT2D eigenvalue weighted by atomic mass is 16.5. The van der Waals surface area contributed by atoms with E-state index in [9.17, 15) is 9.59 Å². The van der Waals surface area contributed by atoms with Crippen LogP contribution in [0.15, 0.2) is 24.3 Å². The van der Waals surface area contributed by atoms with Crippen molar-refractivity contribution in [3.63, 3.8) is 0 Å². The summed E-state index contributed by atoms with van der Waals surface area (Å²) in [6, 6.07) is 7.32. The summed E-state index contributed by atoms with van der Waals surface area (Å²) < 4.78 is 11.4. The normalized spacial score (nSPS) is 21.1. The van der Waals surface area contributed by atoms with Crippen LogP contribution >= 0.6 is 0 Å². The fourth-order valence-corrected chi connectivity index (χ4v) is 3.30. The monoisotopic (exact) mass is 346 g/mol. The molecule has 1 unspecified atom stereocenters. The molecular weight excluding hydrogens is 320 g/mol. The molecule has 0 bridgehead atoms. The Morgan fingerprint density at radius 2 is 1.96 bits per heavy atom. The van der Waals surface area contributed by atoms with Gasteiger partial charge in [0, 0.05) is 45.3 Å². The molecule has 1 atom stereocenters. The summed E-state index contributed by atoms with van der Waals surface area (Å²) in [5, 5.41) is 0. The van der Waals surface area contributed by atoms with Crippen LogP contribution in [0, 0.1) is 0 Å². The molecule has 2 saturated heterocycles. The van der Waals surface area contributed by atoms with E-state index in [1.54, 1.807) is 17.9 Å². The van der Waals surface area contributed by atoms with Crippen LogP contribution in [0.4, 0.5) is 0 Å². The van der Waals surface area contributed by atoms with Crippen molar-refractivity contribution in [1.29, 1.82) is 0 Å². The molecule has 0 N–H and O–H groups in total. The third-order valence-electron chi connectivity index (χ3n) is 4.77. The van der Waals surface area contributed by atoms with Gasteiger partial charge in [0.05, 0.1) is 6.10 Å². The molecule has 0 spiro atoms. The number of amides is 2. The molecule has 2 aliphatic rings. The summed E-state index contributed by atoms with van der Waals surface area (Å²) in [5.74, 6) is 0.758. The second kappa shape index (κ2) is 8.34. The van der Waals surface area contributed by atoms with Crippen LogP contribution in [0.3, 0.4) is 0 Å². The van der Waals surface area contributed by atoms with Crippen molar-refractivity contribution >= 4 is 11.8 Å². The Hall–Kier alpha value is -2.08. The number of carbonyl (C=O) groups is 2. The van der Waals surface area contributed by atoms with E-state index in [1.165, 1.54) is 0 Å². The lowest BCUT2D eigenvalue weighted by molar-refractivity contribution is -0.128. The predicted molar refractivity (Wildman–Crippen MR) is 93.7 cm³/mol. The van der Waals surface area contributed by atoms with Crippen molar-refractivity contribution in [3.8, 4) is 5.75 Å². The first-order valence-electron chi connectivity index (χ1n) is 9.03. The third kappa shape index (κ3) is 4.72. The maximum Gasteiger partial charge on any atom is 0.254 e. The van der Waals surface area contributed by atoms with Gasteiger partial charge in [-0.25, -0.2) is 0 Å². The SMILES string of the molecule is CC(=O)N1CCCN(C(=O)c2cccc(OCC3CCCO3)c2)CC1. The number of hydrogen-bond donors (Lipinski definition) is 0. The number of benzene rings is 1. The van der Waals surface area contributed by atoms with E-state index in [0.29, 0.717) is 44.1 Å². The number of rotatable bonds is 4. The summed E-state index contributed by atoms with van der Waals surface area (Å²) in [4.78, 5) is 27.9. The molecule has 3 rings (SSSR count). The van der Waals surface area contributed by atoms with E-state index >= 15 is 0 Å². The van der Waals surface area contributed by atoms with Crippen LogP contribution < -0.4 is 4.74 Å². The first-order valence-corrected chi connectivity index (χ1v) is 9.03. The van der Waals surface area contributed by atoms with Gasteiger partial charge in [-0.05, 0) is 37.5 Å². The largest absolute Gasteiger partial charge is 0.491 e. The summed E-state index contributed by atoms with van der Waals surface area (Å²) >= 11 is 0. The average molecular weight is 346 g/mol. The van der Waals surface area contributed by atoms with Crippen LogP contribution in [-0.2, 0) is 9.53 Å². The lowest BCUT2D eigenvalue weighted by Gasteiger charge is -2.21. The summed E-state index contributed by atoms with van der Waals surface area (Å²) in [5.41, 5.74) is 0.626. The summed E-state index contributed by atoms with van der Waals surface area (Å²) in [6.07, 6.45) is 3.07. The van der Waals surface area contributed by atoms with Gasteiger partial charge in [-0.2, -0.15) is 0 Å². The van der Waals surface area contributed by atoms with Gasteiger partial charge >= 0.3 is 0 Å². The standard InChI is InChI=1S/C19H26N2O4/c1-15(22)20-8-4-9-21(11-10-20)19(23)16-5-2-6-17(13-16)25-14-18-7-3-12-24-18/h2,5-6,13,18H,3-4,7-12,14H2,1H3. The van der Waals surface area contributed by atoms with Gasteiger partial charge in [0.2, 0.25) is 5.91 Å². The van der Waals surface area contributed by atoms with E-state index in [1.807, 2.05) is 23.1 Å². The van der Waals surface area contributed by atoms with Gasteiger partial charge in [0.15, 0.2) is 0 Å². The van der Waals surface area contributed by atoms with Crippen molar-refractivity contribution < 1.29 is 19.1 Å². The van der Waals surface area contributed by atoms with Crippen LogP contribution in [0.1, 0.15) is 36.5 Å². The lowest BCUT2D eigenvalue weighted by Crippen LogP contribution is -2.36. The highest BCUT2D eigenvalue weighted by Crippen LogP contribution is 2.19. The molecule has 0 saturated carbocycles. The minimum Gasteiger partial charge on any atom is -0.491 e. The van der Waals surface area contributed by atoms with Gasteiger partial charge in [-0.1, -0.05) is 6.07 Å². The van der Waals surface area contributed by atoms with Gasteiger partial charge in [-0.3, -0.25) is 9.59 Å². The van der Waals surface area contributed by atoms with Crippen LogP contribution in [0.25, 0.3) is 0 Å². The number of carbonyl (C=O) groups excluding carboxylic acids is 2. The van der Waals surface area contributed by atoms with E-state index < -0.39 is 0 Å². The third-order valence-corrected chi connectivity index (χ3v) is 4.77. The van der Waals surface area contributed by atoms with Crippen LogP contribution in [-0.4, -0.2) is 67.1 Å². The van der Waals surface area contributed by atoms with Crippen molar-refractivity contribution in [2.75, 3.05) is 39.4 Å². The molecule has 0 radical (unpaired) electrons. The Morgan fingerprint density at radius 1 is 1.16 bits per heavy atom. The second-order valence-electron chi connectivity index (χ2n) is 6.63. The zero-order valence-electron chi connectivity index (χ0n) is 14.8. The zero-order valence-corrected chi connectivity index (χ0v) is 14.8. The molecule has 0 aromatic heterocycles. The van der Waals surface area contributed by atoms with Crippen LogP contribution in [0.5, 0.6) is 5.75 Å². The van der Waals surface area contributed by atoms with Crippen molar-refractivity contribution in [2.45, 2.75) is 32.3 Å². The van der Waals surface area contributed by atoms with Crippen molar-refractivity contribution in [2.24, 2.45) is 0 Å². The Labute approximate surface area is 148 Å². The summed E-state index contributed by atoms with van der Waals surface area (Å²) in [7, 11) is 0. The summed E-state index contributed by atoms with van der Waals surface area (Å²) in [6.45, 7) is 5.45. The average Bonchev–Trinajstić information content (AvgIpc) is 3.01. The molecule has 2 aliphatic heterocycles. The maximum absolute atomic E-state index is 12.8. The topological polar surface area (TPSA) is 59.1 Å². The Balaban J connectivity index is 1.59. The predicted octanol–water partition coefficient (Wildman–Crippen LogP) is 1.94. The molecule has 2 amide bonds. The van der Waals surface area contributed by atoms with E-state index in [4.69, 9.17) is 9.47 Å². The van der Waals surface area contributed by atoms with E-state index in [-0.39, 0.29) is 17.9 Å². The van der Waals surface area contributed by atoms with Crippen LogP contribution in [0.2, 0.25) is 0 Å². The Morgan fingerprint density at radius 3 is 2.72 bits per heavy atom. The number of ether oxygens (including phenoxy) is 2. The molecule has 2 fully saturated rings. The Kier molecular flexibility index (Phi) is 5.91. The van der Waals surface area contributed by atoms with E-state index in [2.05, 4.69) is 0 Å². The fourth-order valence-electron chi connectivity index (χ4n) is 3.30. The van der Waals surface area contributed by atoms with Gasteiger partial charge in [0.25, 0.3) is 5.91 Å². The minimum atomic E-state index is -0.00651. The first kappa shape index (κ1) is 17.7.